The van der Waals surface area contributed by atoms with Gasteiger partial charge in [0.15, 0.2) is 11.5 Å². The summed E-state index contributed by atoms with van der Waals surface area (Å²) in [6, 6.07) is 23.6. The highest BCUT2D eigenvalue weighted by Gasteiger charge is 2.08. The molecule has 4 nitrogen and oxygen atoms in total. The van der Waals surface area contributed by atoms with E-state index in [1.807, 2.05) is 73.7 Å². The molecule has 0 aliphatic carbocycles. The first kappa shape index (κ1) is 22.0. The molecule has 0 N–H and O–H groups in total. The lowest BCUT2D eigenvalue weighted by Crippen LogP contribution is -2.10. The molecule has 3 aromatic rings. The van der Waals surface area contributed by atoms with Crippen molar-refractivity contribution in [2.24, 2.45) is 0 Å². The van der Waals surface area contributed by atoms with E-state index < -0.39 is 0 Å². The minimum atomic E-state index is 0.398. The van der Waals surface area contributed by atoms with E-state index in [1.165, 1.54) is 11.1 Å². The van der Waals surface area contributed by atoms with Crippen LogP contribution in [0.15, 0.2) is 66.7 Å². The Bertz CT molecular complexity index is 1080. The first-order chi connectivity index (χ1) is 15.1. The van der Waals surface area contributed by atoms with Gasteiger partial charge < -0.3 is 14.2 Å². The molecule has 0 unspecified atom stereocenters. The van der Waals surface area contributed by atoms with Gasteiger partial charge in [-0.15, -0.1) is 0 Å². The van der Waals surface area contributed by atoms with Gasteiger partial charge in [0.1, 0.15) is 19.0 Å². The highest BCUT2D eigenvalue weighted by atomic mass is 16.5. The molecule has 0 heterocycles. The van der Waals surface area contributed by atoms with Crippen LogP contribution in [0.2, 0.25) is 0 Å². The highest BCUT2D eigenvalue weighted by molar-refractivity contribution is 5.89. The summed E-state index contributed by atoms with van der Waals surface area (Å²) >= 11 is 0. The van der Waals surface area contributed by atoms with Gasteiger partial charge in [0, 0.05) is 0 Å². The van der Waals surface area contributed by atoms with E-state index >= 15 is 0 Å². The molecular weight excluding hydrogens is 386 g/mol. The van der Waals surface area contributed by atoms with Crippen LogP contribution >= 0.6 is 0 Å². The Morgan fingerprint density at radius 2 is 1.61 bits per heavy atom. The van der Waals surface area contributed by atoms with E-state index in [-0.39, 0.29) is 0 Å². The molecule has 4 heteroatoms. The SMILES string of the molecule is CCOc1cc(C=C(C#N)c2ccccc2)ccc1OCCOc1ccc(C)c(C)c1. The molecule has 0 radical (unpaired) electrons. The van der Waals surface area contributed by atoms with Crippen LogP contribution in [0.5, 0.6) is 17.2 Å². The molecule has 0 amide bonds. The molecule has 0 aliphatic rings. The van der Waals surface area contributed by atoms with Gasteiger partial charge in [0.05, 0.1) is 18.2 Å². The van der Waals surface area contributed by atoms with Gasteiger partial charge in [-0.25, -0.2) is 0 Å². The van der Waals surface area contributed by atoms with Gasteiger partial charge in [-0.1, -0.05) is 42.5 Å². The molecule has 0 fully saturated rings. The van der Waals surface area contributed by atoms with Gasteiger partial charge in [-0.3, -0.25) is 0 Å². The highest BCUT2D eigenvalue weighted by Crippen LogP contribution is 2.30. The van der Waals surface area contributed by atoms with Crippen LogP contribution < -0.4 is 14.2 Å². The zero-order chi connectivity index (χ0) is 22.1. The number of hydrogen-bond acceptors (Lipinski definition) is 4. The molecule has 0 spiro atoms. The fourth-order valence-corrected chi connectivity index (χ4v) is 3.08. The summed E-state index contributed by atoms with van der Waals surface area (Å²) in [6.07, 6.45) is 1.85. The van der Waals surface area contributed by atoms with E-state index in [4.69, 9.17) is 14.2 Å². The summed E-state index contributed by atoms with van der Waals surface area (Å²) in [5.74, 6) is 2.14. The average molecular weight is 414 g/mol. The monoisotopic (exact) mass is 413 g/mol. The van der Waals surface area contributed by atoms with Gasteiger partial charge >= 0.3 is 0 Å². The summed E-state index contributed by atoms with van der Waals surface area (Å²) < 4.78 is 17.5. The second kappa shape index (κ2) is 10.9. The van der Waals surface area contributed by atoms with Crippen molar-refractivity contribution in [1.29, 1.82) is 5.26 Å². The van der Waals surface area contributed by atoms with Crippen LogP contribution in [-0.4, -0.2) is 19.8 Å². The van der Waals surface area contributed by atoms with Crippen LogP contribution in [-0.2, 0) is 0 Å². The Morgan fingerprint density at radius 1 is 0.839 bits per heavy atom. The predicted molar refractivity (Wildman–Crippen MR) is 124 cm³/mol. The maximum absolute atomic E-state index is 9.55. The van der Waals surface area contributed by atoms with Gasteiger partial charge in [0.25, 0.3) is 0 Å². The summed E-state index contributed by atoms with van der Waals surface area (Å²) in [5, 5.41) is 9.55. The number of aryl methyl sites for hydroxylation is 2. The zero-order valence-electron chi connectivity index (χ0n) is 18.2. The summed E-state index contributed by atoms with van der Waals surface area (Å²) in [5.41, 5.74) is 4.80. The predicted octanol–water partition coefficient (Wildman–Crippen LogP) is 6.22. The average Bonchev–Trinajstić information content (AvgIpc) is 2.79. The Labute approximate surface area is 184 Å². The molecule has 0 saturated heterocycles. The molecule has 3 aromatic carbocycles. The maximum Gasteiger partial charge on any atom is 0.161 e. The maximum atomic E-state index is 9.55. The second-order valence-corrected chi connectivity index (χ2v) is 7.12. The molecule has 0 bridgehead atoms. The Kier molecular flexibility index (Phi) is 7.73. The first-order valence-corrected chi connectivity index (χ1v) is 10.4. The number of nitriles is 1. The lowest BCUT2D eigenvalue weighted by Gasteiger charge is -2.14. The van der Waals surface area contributed by atoms with E-state index in [0.29, 0.717) is 36.9 Å². The number of ether oxygens (including phenoxy) is 3. The lowest BCUT2D eigenvalue weighted by atomic mass is 10.0. The van der Waals surface area contributed by atoms with E-state index in [9.17, 15) is 5.26 Å². The number of nitrogens with zero attached hydrogens (tertiary/aromatic N) is 1. The molecule has 3 rings (SSSR count). The molecule has 0 saturated carbocycles. The fraction of sp³-hybridized carbons (Fsp3) is 0.222. The minimum absolute atomic E-state index is 0.398. The molecule has 0 aromatic heterocycles. The minimum Gasteiger partial charge on any atom is -0.490 e. The van der Waals surface area contributed by atoms with Gasteiger partial charge in [-0.05, 0) is 73.4 Å². The smallest absolute Gasteiger partial charge is 0.161 e. The Balaban J connectivity index is 1.68. The van der Waals surface area contributed by atoms with Crippen molar-refractivity contribution in [2.45, 2.75) is 20.8 Å². The first-order valence-electron chi connectivity index (χ1n) is 10.4. The van der Waals surface area contributed by atoms with Crippen molar-refractivity contribution in [3.05, 3.63) is 89.0 Å². The largest absolute Gasteiger partial charge is 0.490 e. The number of hydrogen-bond donors (Lipinski definition) is 0. The van der Waals surface area contributed by atoms with Gasteiger partial charge in [-0.2, -0.15) is 5.26 Å². The summed E-state index contributed by atoms with van der Waals surface area (Å²) in [4.78, 5) is 0. The van der Waals surface area contributed by atoms with Crippen LogP contribution in [0, 0.1) is 25.2 Å². The van der Waals surface area contributed by atoms with Crippen molar-refractivity contribution in [3.8, 4) is 23.3 Å². The summed E-state index contributed by atoms with van der Waals surface area (Å²) in [7, 11) is 0. The fourth-order valence-electron chi connectivity index (χ4n) is 3.08. The normalized spacial score (nSPS) is 11.0. The summed E-state index contributed by atoms with van der Waals surface area (Å²) in [6.45, 7) is 7.43. The van der Waals surface area contributed by atoms with Crippen LogP contribution in [0.25, 0.3) is 11.6 Å². The van der Waals surface area contributed by atoms with Crippen molar-refractivity contribution >= 4 is 11.6 Å². The van der Waals surface area contributed by atoms with Crippen LogP contribution in [0.4, 0.5) is 0 Å². The lowest BCUT2D eigenvalue weighted by molar-refractivity contribution is 0.208. The number of benzene rings is 3. The molecule has 0 atom stereocenters. The Morgan fingerprint density at radius 3 is 2.32 bits per heavy atom. The van der Waals surface area contributed by atoms with Crippen molar-refractivity contribution in [3.63, 3.8) is 0 Å². The second-order valence-electron chi connectivity index (χ2n) is 7.12. The quantitative estimate of drug-likeness (QED) is 0.237. The molecule has 0 aliphatic heterocycles. The molecule has 31 heavy (non-hydrogen) atoms. The van der Waals surface area contributed by atoms with Gasteiger partial charge in [0.2, 0.25) is 0 Å². The van der Waals surface area contributed by atoms with E-state index in [0.717, 1.165) is 16.9 Å². The Hall–Kier alpha value is -3.71. The van der Waals surface area contributed by atoms with Crippen molar-refractivity contribution in [2.75, 3.05) is 19.8 Å². The topological polar surface area (TPSA) is 51.5 Å². The van der Waals surface area contributed by atoms with Crippen molar-refractivity contribution < 1.29 is 14.2 Å². The third-order valence-corrected chi connectivity index (χ3v) is 4.87. The van der Waals surface area contributed by atoms with Crippen LogP contribution in [0.1, 0.15) is 29.2 Å². The third kappa shape index (κ3) is 6.13. The van der Waals surface area contributed by atoms with Crippen LogP contribution in [0.3, 0.4) is 0 Å². The molecule has 158 valence electrons. The standard InChI is InChI=1S/C27H27NO3/c1-4-29-27-18-22(17-24(19-28)23-8-6-5-7-9-23)11-13-26(27)31-15-14-30-25-12-10-20(2)21(3)16-25/h5-13,16-18H,4,14-15H2,1-3H3. The number of rotatable bonds is 9. The number of allylic oxidation sites excluding steroid dienone is 1. The van der Waals surface area contributed by atoms with E-state index in [1.54, 1.807) is 0 Å². The van der Waals surface area contributed by atoms with E-state index in [2.05, 4.69) is 26.0 Å². The zero-order valence-corrected chi connectivity index (χ0v) is 18.2. The third-order valence-electron chi connectivity index (χ3n) is 4.87. The van der Waals surface area contributed by atoms with Crippen molar-refractivity contribution in [1.82, 2.24) is 0 Å². The molecular formula is C27H27NO3.